The number of hydrogen-bond donors (Lipinski definition) is 0. The smallest absolute Gasteiger partial charge is 0.227 e. The van der Waals surface area contributed by atoms with E-state index in [1.807, 2.05) is 35.2 Å². The minimum Gasteiger partial charge on any atom is -0.381 e. The maximum absolute atomic E-state index is 13.2. The third-order valence-electron chi connectivity index (χ3n) is 5.56. The highest BCUT2D eigenvalue weighted by Gasteiger charge is 2.21. The second-order valence-electron chi connectivity index (χ2n) is 7.67. The summed E-state index contributed by atoms with van der Waals surface area (Å²) in [5.74, 6) is 0.726. The lowest BCUT2D eigenvalue weighted by Crippen LogP contribution is -2.37. The molecule has 0 atom stereocenters. The van der Waals surface area contributed by atoms with Gasteiger partial charge < -0.3 is 9.64 Å². The molecule has 1 saturated heterocycles. The fraction of sp³-hybridized carbons (Fsp3) is 0.320. The Labute approximate surface area is 166 Å². The van der Waals surface area contributed by atoms with Crippen molar-refractivity contribution in [3.8, 4) is 0 Å². The van der Waals surface area contributed by atoms with Gasteiger partial charge in [0.25, 0.3) is 0 Å². The van der Waals surface area contributed by atoms with Crippen molar-refractivity contribution in [3.63, 3.8) is 0 Å². The fourth-order valence-corrected chi connectivity index (χ4v) is 3.93. The van der Waals surface area contributed by atoms with Crippen LogP contribution in [0.5, 0.6) is 0 Å². The molecule has 0 spiro atoms. The van der Waals surface area contributed by atoms with Gasteiger partial charge in [-0.15, -0.1) is 0 Å². The SMILES string of the molecule is O=C(Cc1ccc2ccccc2c1)N(Cc1ccccc1)CC1CCOCC1. The molecule has 4 rings (SSSR count). The molecule has 0 aromatic heterocycles. The molecular weight excluding hydrogens is 346 g/mol. The zero-order valence-electron chi connectivity index (χ0n) is 16.2. The molecule has 3 nitrogen and oxygen atoms in total. The highest BCUT2D eigenvalue weighted by molar-refractivity contribution is 5.85. The summed E-state index contributed by atoms with van der Waals surface area (Å²) in [5.41, 5.74) is 2.26. The molecule has 0 N–H and O–H groups in total. The number of carbonyl (C=O) groups is 1. The third-order valence-corrected chi connectivity index (χ3v) is 5.56. The maximum Gasteiger partial charge on any atom is 0.227 e. The fourth-order valence-electron chi connectivity index (χ4n) is 3.93. The number of benzene rings is 3. The van der Waals surface area contributed by atoms with Crippen LogP contribution in [0.15, 0.2) is 72.8 Å². The number of ether oxygens (including phenoxy) is 1. The molecule has 0 radical (unpaired) electrons. The van der Waals surface area contributed by atoms with Crippen molar-refractivity contribution < 1.29 is 9.53 Å². The van der Waals surface area contributed by atoms with Crippen molar-refractivity contribution in [1.29, 1.82) is 0 Å². The van der Waals surface area contributed by atoms with Crippen LogP contribution in [0.4, 0.5) is 0 Å². The van der Waals surface area contributed by atoms with Gasteiger partial charge in [0.05, 0.1) is 6.42 Å². The minimum atomic E-state index is 0.200. The monoisotopic (exact) mass is 373 g/mol. The van der Waals surface area contributed by atoms with Crippen molar-refractivity contribution in [3.05, 3.63) is 83.9 Å². The molecule has 0 aliphatic carbocycles. The van der Waals surface area contributed by atoms with Gasteiger partial charge in [-0.3, -0.25) is 4.79 Å². The molecule has 1 aliphatic heterocycles. The van der Waals surface area contributed by atoms with Crippen LogP contribution in [0.1, 0.15) is 24.0 Å². The number of rotatable bonds is 6. The molecule has 0 bridgehead atoms. The minimum absolute atomic E-state index is 0.200. The highest BCUT2D eigenvalue weighted by atomic mass is 16.5. The summed E-state index contributed by atoms with van der Waals surface area (Å²) >= 11 is 0. The predicted octanol–water partition coefficient (Wildman–Crippen LogP) is 4.84. The van der Waals surface area contributed by atoms with Crippen molar-refractivity contribution in [1.82, 2.24) is 4.90 Å². The summed E-state index contributed by atoms with van der Waals surface area (Å²) in [5, 5.41) is 2.40. The van der Waals surface area contributed by atoms with Gasteiger partial charge in [-0.05, 0) is 40.7 Å². The van der Waals surface area contributed by atoms with Gasteiger partial charge in [-0.2, -0.15) is 0 Å². The first-order valence-corrected chi connectivity index (χ1v) is 10.1. The van der Waals surface area contributed by atoms with Gasteiger partial charge in [0, 0.05) is 26.3 Å². The van der Waals surface area contributed by atoms with E-state index in [1.165, 1.54) is 16.3 Å². The van der Waals surface area contributed by atoms with E-state index in [2.05, 4.69) is 42.5 Å². The van der Waals surface area contributed by atoms with E-state index in [0.29, 0.717) is 18.9 Å². The lowest BCUT2D eigenvalue weighted by molar-refractivity contribution is -0.132. The average molecular weight is 373 g/mol. The van der Waals surface area contributed by atoms with E-state index in [9.17, 15) is 4.79 Å². The van der Waals surface area contributed by atoms with Crippen molar-refractivity contribution in [2.45, 2.75) is 25.8 Å². The zero-order valence-corrected chi connectivity index (χ0v) is 16.2. The molecule has 0 unspecified atom stereocenters. The number of amides is 1. The lowest BCUT2D eigenvalue weighted by Gasteiger charge is -2.30. The van der Waals surface area contributed by atoms with Gasteiger partial charge in [0.2, 0.25) is 5.91 Å². The van der Waals surface area contributed by atoms with E-state index < -0.39 is 0 Å². The van der Waals surface area contributed by atoms with Crippen molar-refractivity contribution in [2.75, 3.05) is 19.8 Å². The Hall–Kier alpha value is -2.65. The topological polar surface area (TPSA) is 29.5 Å². The Morgan fingerprint density at radius 2 is 1.57 bits per heavy atom. The van der Waals surface area contributed by atoms with E-state index in [1.54, 1.807) is 0 Å². The summed E-state index contributed by atoms with van der Waals surface area (Å²) in [6.45, 7) is 3.10. The second-order valence-corrected chi connectivity index (χ2v) is 7.67. The van der Waals surface area contributed by atoms with Crippen LogP contribution in [-0.2, 0) is 22.5 Å². The summed E-state index contributed by atoms with van der Waals surface area (Å²) in [6.07, 6.45) is 2.52. The lowest BCUT2D eigenvalue weighted by atomic mass is 9.98. The summed E-state index contributed by atoms with van der Waals surface area (Å²) < 4.78 is 5.49. The van der Waals surface area contributed by atoms with Gasteiger partial charge in [-0.1, -0.05) is 72.8 Å². The first kappa shape index (κ1) is 18.7. The molecule has 3 aromatic rings. The maximum atomic E-state index is 13.2. The first-order chi connectivity index (χ1) is 13.8. The third kappa shape index (κ3) is 4.79. The van der Waals surface area contributed by atoms with Crippen molar-refractivity contribution >= 4 is 16.7 Å². The quantitative estimate of drug-likeness (QED) is 0.619. The van der Waals surface area contributed by atoms with Crippen molar-refractivity contribution in [2.24, 2.45) is 5.92 Å². The van der Waals surface area contributed by atoms with Crippen LogP contribution >= 0.6 is 0 Å². The first-order valence-electron chi connectivity index (χ1n) is 10.1. The molecule has 1 fully saturated rings. The van der Waals surface area contributed by atoms with Gasteiger partial charge >= 0.3 is 0 Å². The predicted molar refractivity (Wildman–Crippen MR) is 113 cm³/mol. The van der Waals surface area contributed by atoms with E-state index in [0.717, 1.165) is 38.2 Å². The molecule has 1 amide bonds. The molecular formula is C25H27NO2. The van der Waals surface area contributed by atoms with Crippen LogP contribution in [0.2, 0.25) is 0 Å². The standard InChI is InChI=1S/C25H27NO2/c27-25(17-22-10-11-23-8-4-5-9-24(23)16-22)26(18-20-6-2-1-3-7-20)19-21-12-14-28-15-13-21/h1-11,16,21H,12-15,17-19H2. The normalized spacial score (nSPS) is 14.9. The molecule has 28 heavy (non-hydrogen) atoms. The molecule has 1 aliphatic rings. The zero-order chi connectivity index (χ0) is 19.2. The highest BCUT2D eigenvalue weighted by Crippen LogP contribution is 2.20. The Kier molecular flexibility index (Phi) is 6.03. The second kappa shape index (κ2) is 9.03. The molecule has 144 valence electrons. The van der Waals surface area contributed by atoms with Crippen LogP contribution in [0.3, 0.4) is 0 Å². The van der Waals surface area contributed by atoms with Gasteiger partial charge in [-0.25, -0.2) is 0 Å². The Morgan fingerprint density at radius 1 is 0.857 bits per heavy atom. The number of fused-ring (bicyclic) bond motifs is 1. The van der Waals surface area contributed by atoms with Crippen LogP contribution in [0, 0.1) is 5.92 Å². The molecule has 1 heterocycles. The Balaban J connectivity index is 1.50. The van der Waals surface area contributed by atoms with E-state index in [-0.39, 0.29) is 5.91 Å². The Morgan fingerprint density at radius 3 is 2.36 bits per heavy atom. The van der Waals surface area contributed by atoms with E-state index >= 15 is 0 Å². The van der Waals surface area contributed by atoms with Crippen LogP contribution in [0.25, 0.3) is 10.8 Å². The van der Waals surface area contributed by atoms with Gasteiger partial charge in [0.15, 0.2) is 0 Å². The van der Waals surface area contributed by atoms with E-state index in [4.69, 9.17) is 4.74 Å². The van der Waals surface area contributed by atoms with Gasteiger partial charge in [0.1, 0.15) is 0 Å². The summed E-state index contributed by atoms with van der Waals surface area (Å²) in [6, 6.07) is 24.9. The summed E-state index contributed by atoms with van der Waals surface area (Å²) in [7, 11) is 0. The van der Waals surface area contributed by atoms with Crippen LogP contribution in [-0.4, -0.2) is 30.6 Å². The van der Waals surface area contributed by atoms with Crippen LogP contribution < -0.4 is 0 Å². The number of nitrogens with zero attached hydrogens (tertiary/aromatic N) is 1. The molecule has 3 heteroatoms. The average Bonchev–Trinajstić information content (AvgIpc) is 2.75. The Bertz CT molecular complexity index is 916. The number of hydrogen-bond acceptors (Lipinski definition) is 2. The number of carbonyl (C=O) groups excluding carboxylic acids is 1. The summed E-state index contributed by atoms with van der Waals surface area (Å²) in [4.78, 5) is 15.3. The largest absolute Gasteiger partial charge is 0.381 e. The molecule has 0 saturated carbocycles. The molecule has 3 aromatic carbocycles.